The van der Waals surface area contributed by atoms with E-state index in [9.17, 15) is 13.2 Å². The molecule has 0 aromatic heterocycles. The van der Waals surface area contributed by atoms with Gasteiger partial charge >= 0.3 is 0 Å². The van der Waals surface area contributed by atoms with Gasteiger partial charge in [-0.25, -0.2) is 8.42 Å². The topological polar surface area (TPSA) is 102 Å². The van der Waals surface area contributed by atoms with Crippen molar-refractivity contribution >= 4 is 15.9 Å². The van der Waals surface area contributed by atoms with Crippen LogP contribution in [0.3, 0.4) is 0 Å². The van der Waals surface area contributed by atoms with E-state index in [1.54, 1.807) is 0 Å². The molecular formula is C15H21N3O4S. The minimum absolute atomic E-state index is 0.0750. The van der Waals surface area contributed by atoms with Gasteiger partial charge in [0, 0.05) is 13.1 Å². The zero-order chi connectivity index (χ0) is 16.6. The SMILES string of the molecule is COc1ccc(S(=O)(=O)N2CCC3CNCC3C2)cc1C(N)=O. The lowest BCUT2D eigenvalue weighted by atomic mass is 9.90. The standard InChI is InChI=1S/C15H21N3O4S/c1-22-14-3-2-12(6-13(14)15(16)19)23(20,21)18-5-4-10-7-17-8-11(10)9-18/h2-3,6,10-11,17H,4-5,7-9H2,1H3,(H2,16,19). The van der Waals surface area contributed by atoms with Gasteiger partial charge in [-0.3, -0.25) is 4.79 Å². The number of nitrogens with two attached hydrogens (primary N) is 1. The summed E-state index contributed by atoms with van der Waals surface area (Å²) >= 11 is 0. The number of ether oxygens (including phenoxy) is 1. The average Bonchev–Trinajstić information content (AvgIpc) is 3.01. The van der Waals surface area contributed by atoms with Crippen LogP contribution in [0.4, 0.5) is 0 Å². The van der Waals surface area contributed by atoms with E-state index in [0.717, 1.165) is 19.5 Å². The number of nitrogens with zero attached hydrogens (tertiary/aromatic N) is 1. The first-order valence-electron chi connectivity index (χ1n) is 7.62. The number of carbonyl (C=O) groups excluding carboxylic acids is 1. The van der Waals surface area contributed by atoms with Gasteiger partial charge in [-0.05, 0) is 49.5 Å². The highest BCUT2D eigenvalue weighted by molar-refractivity contribution is 7.89. The van der Waals surface area contributed by atoms with Gasteiger partial charge in [-0.1, -0.05) is 0 Å². The second kappa shape index (κ2) is 6.10. The second-order valence-electron chi connectivity index (χ2n) is 6.06. The van der Waals surface area contributed by atoms with E-state index in [1.165, 1.54) is 29.6 Å². The number of amides is 1. The van der Waals surface area contributed by atoms with Crippen LogP contribution in [0.25, 0.3) is 0 Å². The van der Waals surface area contributed by atoms with Crippen LogP contribution in [0.1, 0.15) is 16.8 Å². The Morgan fingerprint density at radius 2 is 2.09 bits per heavy atom. The van der Waals surface area contributed by atoms with E-state index >= 15 is 0 Å². The molecule has 0 bridgehead atoms. The van der Waals surface area contributed by atoms with Gasteiger partial charge in [0.25, 0.3) is 5.91 Å². The fourth-order valence-corrected chi connectivity index (χ4v) is 4.95. The summed E-state index contributed by atoms with van der Waals surface area (Å²) in [6, 6.07) is 4.23. The molecule has 2 saturated heterocycles. The van der Waals surface area contributed by atoms with Crippen molar-refractivity contribution in [1.82, 2.24) is 9.62 Å². The fraction of sp³-hybridized carbons (Fsp3) is 0.533. The van der Waals surface area contributed by atoms with Gasteiger partial charge in [-0.15, -0.1) is 0 Å². The Hall–Kier alpha value is -1.64. The van der Waals surface area contributed by atoms with E-state index in [4.69, 9.17) is 10.5 Å². The van der Waals surface area contributed by atoms with Crippen molar-refractivity contribution in [1.29, 1.82) is 0 Å². The highest BCUT2D eigenvalue weighted by atomic mass is 32.2. The normalized spacial score (nSPS) is 25.1. The maximum Gasteiger partial charge on any atom is 0.252 e. The zero-order valence-electron chi connectivity index (χ0n) is 13.0. The maximum atomic E-state index is 12.9. The fourth-order valence-electron chi connectivity index (χ4n) is 3.41. The Bertz CT molecular complexity index is 719. The summed E-state index contributed by atoms with van der Waals surface area (Å²) in [5, 5.41) is 3.32. The number of hydrogen-bond acceptors (Lipinski definition) is 5. The van der Waals surface area contributed by atoms with Gasteiger partial charge in [-0.2, -0.15) is 4.31 Å². The van der Waals surface area contributed by atoms with Crippen LogP contribution in [0, 0.1) is 11.8 Å². The third kappa shape index (κ3) is 2.93. The summed E-state index contributed by atoms with van der Waals surface area (Å²) in [4.78, 5) is 11.6. The van der Waals surface area contributed by atoms with Gasteiger partial charge in [0.05, 0.1) is 17.6 Å². The molecule has 2 aliphatic rings. The number of rotatable bonds is 4. The van der Waals surface area contributed by atoms with Gasteiger partial charge in [0.15, 0.2) is 0 Å². The van der Waals surface area contributed by atoms with Gasteiger partial charge < -0.3 is 15.8 Å². The van der Waals surface area contributed by atoms with Crippen LogP contribution in [0.5, 0.6) is 5.75 Å². The average molecular weight is 339 g/mol. The van der Waals surface area contributed by atoms with Crippen LogP contribution >= 0.6 is 0 Å². The predicted octanol–water partition coefficient (Wildman–Crippen LogP) is 0.0241. The van der Waals surface area contributed by atoms with E-state index in [0.29, 0.717) is 24.9 Å². The third-order valence-electron chi connectivity index (χ3n) is 4.74. The smallest absolute Gasteiger partial charge is 0.252 e. The van der Waals surface area contributed by atoms with E-state index < -0.39 is 15.9 Å². The number of fused-ring (bicyclic) bond motifs is 1. The molecule has 0 aliphatic carbocycles. The molecule has 2 atom stereocenters. The molecule has 1 aromatic carbocycles. The lowest BCUT2D eigenvalue weighted by Gasteiger charge is -2.33. The van der Waals surface area contributed by atoms with Crippen LogP contribution < -0.4 is 15.8 Å². The van der Waals surface area contributed by atoms with Crippen molar-refractivity contribution < 1.29 is 17.9 Å². The summed E-state index contributed by atoms with van der Waals surface area (Å²) < 4.78 is 32.3. The molecule has 1 aromatic rings. The van der Waals surface area contributed by atoms with Crippen LogP contribution in [0.15, 0.2) is 23.1 Å². The third-order valence-corrected chi connectivity index (χ3v) is 6.60. The molecule has 3 N–H and O–H groups in total. The van der Waals surface area contributed by atoms with E-state index in [-0.39, 0.29) is 16.2 Å². The number of benzene rings is 1. The molecule has 1 amide bonds. The summed E-state index contributed by atoms with van der Waals surface area (Å²) in [6.45, 7) is 2.83. The molecule has 2 aliphatic heterocycles. The molecule has 7 nitrogen and oxygen atoms in total. The number of nitrogens with one attached hydrogen (secondary N) is 1. The Morgan fingerprint density at radius 1 is 1.35 bits per heavy atom. The molecule has 23 heavy (non-hydrogen) atoms. The molecule has 2 unspecified atom stereocenters. The second-order valence-corrected chi connectivity index (χ2v) is 7.99. The van der Waals surface area contributed by atoms with Crippen LogP contribution in [-0.4, -0.2) is 51.9 Å². The van der Waals surface area contributed by atoms with E-state index in [2.05, 4.69) is 5.32 Å². The maximum absolute atomic E-state index is 12.9. The summed E-state index contributed by atoms with van der Waals surface area (Å²) in [5.41, 5.74) is 5.39. The van der Waals surface area contributed by atoms with Crippen molar-refractivity contribution in [3.05, 3.63) is 23.8 Å². The Kier molecular flexibility index (Phi) is 4.31. The van der Waals surface area contributed by atoms with Crippen molar-refractivity contribution in [2.45, 2.75) is 11.3 Å². The quantitative estimate of drug-likeness (QED) is 0.805. The highest BCUT2D eigenvalue weighted by Gasteiger charge is 2.38. The molecule has 0 radical (unpaired) electrons. The van der Waals surface area contributed by atoms with Gasteiger partial charge in [0.1, 0.15) is 5.75 Å². The van der Waals surface area contributed by atoms with Crippen molar-refractivity contribution in [3.8, 4) is 5.75 Å². The zero-order valence-corrected chi connectivity index (χ0v) is 13.8. The summed E-state index contributed by atoms with van der Waals surface area (Å²) in [6.07, 6.45) is 0.857. The number of primary amides is 1. The lowest BCUT2D eigenvalue weighted by molar-refractivity contribution is 0.0997. The lowest BCUT2D eigenvalue weighted by Crippen LogP contribution is -2.43. The first kappa shape index (κ1) is 16.2. The Morgan fingerprint density at radius 3 is 2.78 bits per heavy atom. The highest BCUT2D eigenvalue weighted by Crippen LogP contribution is 2.31. The number of carbonyl (C=O) groups is 1. The summed E-state index contributed by atoms with van der Waals surface area (Å²) in [5.74, 6) is 0.471. The molecule has 2 fully saturated rings. The molecule has 126 valence electrons. The molecular weight excluding hydrogens is 318 g/mol. The molecule has 3 rings (SSSR count). The van der Waals surface area contributed by atoms with Crippen molar-refractivity contribution in [3.63, 3.8) is 0 Å². The Balaban J connectivity index is 1.90. The number of hydrogen-bond donors (Lipinski definition) is 2. The van der Waals surface area contributed by atoms with Crippen molar-refractivity contribution in [2.75, 3.05) is 33.3 Å². The minimum Gasteiger partial charge on any atom is -0.496 e. The molecule has 0 saturated carbocycles. The minimum atomic E-state index is -3.64. The summed E-state index contributed by atoms with van der Waals surface area (Å²) in [7, 11) is -2.23. The first-order valence-corrected chi connectivity index (χ1v) is 9.06. The first-order chi connectivity index (χ1) is 10.9. The van der Waals surface area contributed by atoms with Crippen LogP contribution in [0.2, 0.25) is 0 Å². The monoisotopic (exact) mass is 339 g/mol. The predicted molar refractivity (Wildman–Crippen MR) is 84.7 cm³/mol. The number of piperidine rings is 1. The number of sulfonamides is 1. The molecule has 2 heterocycles. The molecule has 0 spiro atoms. The van der Waals surface area contributed by atoms with Gasteiger partial charge in [0.2, 0.25) is 10.0 Å². The largest absolute Gasteiger partial charge is 0.496 e. The molecule has 8 heteroatoms. The number of methoxy groups -OCH3 is 1. The van der Waals surface area contributed by atoms with Crippen LogP contribution in [-0.2, 0) is 10.0 Å². The van der Waals surface area contributed by atoms with Crippen molar-refractivity contribution in [2.24, 2.45) is 17.6 Å². The van der Waals surface area contributed by atoms with E-state index in [1.807, 2.05) is 0 Å². The Labute approximate surface area is 135 Å².